The van der Waals surface area contributed by atoms with Crippen LogP contribution in [0.4, 0.5) is 0 Å². The van der Waals surface area contributed by atoms with Gasteiger partial charge in [-0.3, -0.25) is 4.79 Å². The monoisotopic (exact) mass is 313 g/mol. The van der Waals surface area contributed by atoms with E-state index in [2.05, 4.69) is 0 Å². The second-order valence-electron chi connectivity index (χ2n) is 5.38. The molecule has 1 saturated carbocycles. The van der Waals surface area contributed by atoms with E-state index in [0.717, 1.165) is 30.2 Å². The van der Waals surface area contributed by atoms with Crippen LogP contribution in [0.5, 0.6) is 0 Å². The van der Waals surface area contributed by atoms with E-state index in [1.165, 1.54) is 5.56 Å². The van der Waals surface area contributed by atoms with Gasteiger partial charge in [0.05, 0.1) is 11.9 Å². The Balaban J connectivity index is 1.65. The summed E-state index contributed by atoms with van der Waals surface area (Å²) in [5.41, 5.74) is 1.18. The quantitative estimate of drug-likeness (QED) is 0.878. The maximum atomic E-state index is 12.0. The van der Waals surface area contributed by atoms with Crippen molar-refractivity contribution in [3.8, 4) is 0 Å². The lowest BCUT2D eigenvalue weighted by molar-refractivity contribution is -0.128. The van der Waals surface area contributed by atoms with Crippen molar-refractivity contribution < 1.29 is 9.90 Å². The molecule has 0 bridgehead atoms. The molecule has 3 nitrogen and oxygen atoms in total. The second-order valence-corrected chi connectivity index (χ2v) is 6.81. The molecule has 1 N–H and O–H groups in total. The number of carbonyl (C=O) groups is 1. The Morgan fingerprint density at radius 2 is 2.05 bits per heavy atom. The highest BCUT2D eigenvalue weighted by Gasteiger charge is 2.28. The molecule has 0 saturated heterocycles. The first-order chi connectivity index (χ1) is 9.54. The van der Waals surface area contributed by atoms with E-state index < -0.39 is 0 Å². The van der Waals surface area contributed by atoms with Crippen molar-refractivity contribution >= 4 is 29.3 Å². The molecule has 1 amide bonds. The Morgan fingerprint density at radius 1 is 1.40 bits per heavy atom. The molecule has 0 radical (unpaired) electrons. The van der Waals surface area contributed by atoms with Gasteiger partial charge in [0.1, 0.15) is 0 Å². The third-order valence-electron chi connectivity index (χ3n) is 3.58. The Bertz CT molecular complexity index is 446. The van der Waals surface area contributed by atoms with Crippen LogP contribution >= 0.6 is 23.4 Å². The van der Waals surface area contributed by atoms with Crippen molar-refractivity contribution in [2.75, 3.05) is 19.3 Å². The first-order valence-electron chi connectivity index (χ1n) is 6.79. The van der Waals surface area contributed by atoms with Crippen LogP contribution < -0.4 is 0 Å². The van der Waals surface area contributed by atoms with Crippen LogP contribution in [-0.2, 0) is 10.5 Å². The van der Waals surface area contributed by atoms with E-state index in [0.29, 0.717) is 11.7 Å². The molecule has 20 heavy (non-hydrogen) atoms. The summed E-state index contributed by atoms with van der Waals surface area (Å²) in [6.45, 7) is 0.761. The van der Waals surface area contributed by atoms with E-state index in [1.807, 2.05) is 31.3 Å². The summed E-state index contributed by atoms with van der Waals surface area (Å²) in [5.74, 6) is 1.94. The summed E-state index contributed by atoms with van der Waals surface area (Å²) in [5, 5.41) is 9.97. The van der Waals surface area contributed by atoms with Gasteiger partial charge in [-0.05, 0) is 36.5 Å². The standard InChI is InChI=1S/C15H20ClNO2S/c1-17(8-12-6-14(18)7-12)15(19)10-20-9-11-2-4-13(16)5-3-11/h2-5,12,14,18H,6-10H2,1H3. The van der Waals surface area contributed by atoms with Crippen LogP contribution in [0.3, 0.4) is 0 Å². The van der Waals surface area contributed by atoms with Gasteiger partial charge in [0.25, 0.3) is 0 Å². The molecule has 1 fully saturated rings. The molecule has 0 aromatic heterocycles. The lowest BCUT2D eigenvalue weighted by Crippen LogP contribution is -2.40. The maximum Gasteiger partial charge on any atom is 0.232 e. The number of benzene rings is 1. The lowest BCUT2D eigenvalue weighted by atomic mass is 9.82. The van der Waals surface area contributed by atoms with E-state index >= 15 is 0 Å². The van der Waals surface area contributed by atoms with E-state index in [1.54, 1.807) is 16.7 Å². The zero-order valence-corrected chi connectivity index (χ0v) is 13.2. The average Bonchev–Trinajstić information content (AvgIpc) is 2.39. The van der Waals surface area contributed by atoms with Crippen LogP contribution in [0.2, 0.25) is 5.02 Å². The zero-order valence-electron chi connectivity index (χ0n) is 11.6. The minimum absolute atomic E-state index is 0.150. The molecule has 1 aliphatic carbocycles. The number of aliphatic hydroxyl groups excluding tert-OH is 1. The summed E-state index contributed by atoms with van der Waals surface area (Å²) in [4.78, 5) is 13.7. The molecule has 0 unspecified atom stereocenters. The molecule has 0 heterocycles. The molecule has 0 atom stereocenters. The van der Waals surface area contributed by atoms with Gasteiger partial charge in [-0.15, -0.1) is 11.8 Å². The number of rotatable bonds is 6. The molecule has 0 spiro atoms. The summed E-state index contributed by atoms with van der Waals surface area (Å²) in [6, 6.07) is 7.71. The smallest absolute Gasteiger partial charge is 0.232 e. The molecule has 5 heteroatoms. The van der Waals surface area contributed by atoms with Gasteiger partial charge in [0, 0.05) is 24.4 Å². The van der Waals surface area contributed by atoms with Crippen LogP contribution in [-0.4, -0.2) is 41.4 Å². The number of halogens is 1. The molecular formula is C15H20ClNO2S. The summed E-state index contributed by atoms with van der Waals surface area (Å²) in [7, 11) is 1.84. The van der Waals surface area contributed by atoms with Gasteiger partial charge in [-0.1, -0.05) is 23.7 Å². The molecule has 1 aromatic carbocycles. The van der Waals surface area contributed by atoms with Gasteiger partial charge in [0.2, 0.25) is 5.91 Å². The SMILES string of the molecule is CN(CC1CC(O)C1)C(=O)CSCc1ccc(Cl)cc1. The number of amides is 1. The predicted octanol–water partition coefficient (Wildman–Crippen LogP) is 2.80. The van der Waals surface area contributed by atoms with Crippen molar-refractivity contribution in [2.45, 2.75) is 24.7 Å². The van der Waals surface area contributed by atoms with Crippen molar-refractivity contribution in [1.29, 1.82) is 0 Å². The topological polar surface area (TPSA) is 40.5 Å². The highest BCUT2D eigenvalue weighted by atomic mass is 35.5. The predicted molar refractivity (Wildman–Crippen MR) is 84.0 cm³/mol. The van der Waals surface area contributed by atoms with Crippen molar-refractivity contribution in [2.24, 2.45) is 5.92 Å². The van der Waals surface area contributed by atoms with Crippen molar-refractivity contribution in [3.05, 3.63) is 34.9 Å². The van der Waals surface area contributed by atoms with Gasteiger partial charge >= 0.3 is 0 Å². The van der Waals surface area contributed by atoms with Gasteiger partial charge in [0.15, 0.2) is 0 Å². The number of hydrogen-bond donors (Lipinski definition) is 1. The Kier molecular flexibility index (Phi) is 5.75. The molecule has 110 valence electrons. The Labute approximate surface area is 129 Å². The zero-order chi connectivity index (χ0) is 14.5. The Hall–Kier alpha value is -0.710. The largest absolute Gasteiger partial charge is 0.393 e. The third kappa shape index (κ3) is 4.69. The maximum absolute atomic E-state index is 12.0. The minimum atomic E-state index is -0.150. The number of carbonyl (C=O) groups excluding carboxylic acids is 1. The first-order valence-corrected chi connectivity index (χ1v) is 8.32. The molecule has 1 aromatic rings. The second kappa shape index (κ2) is 7.34. The highest BCUT2D eigenvalue weighted by Crippen LogP contribution is 2.27. The van der Waals surface area contributed by atoms with Crippen LogP contribution in [0.1, 0.15) is 18.4 Å². The molecule has 0 aliphatic heterocycles. The third-order valence-corrected chi connectivity index (χ3v) is 4.82. The fourth-order valence-electron chi connectivity index (χ4n) is 2.29. The van der Waals surface area contributed by atoms with E-state index in [4.69, 9.17) is 11.6 Å². The Morgan fingerprint density at radius 3 is 2.65 bits per heavy atom. The summed E-state index contributed by atoms with van der Waals surface area (Å²) < 4.78 is 0. The van der Waals surface area contributed by atoms with E-state index in [-0.39, 0.29) is 12.0 Å². The van der Waals surface area contributed by atoms with Crippen molar-refractivity contribution in [3.63, 3.8) is 0 Å². The molecular weight excluding hydrogens is 294 g/mol. The number of nitrogens with zero attached hydrogens (tertiary/aromatic N) is 1. The number of thioether (sulfide) groups is 1. The molecule has 1 aliphatic rings. The first kappa shape index (κ1) is 15.7. The van der Waals surface area contributed by atoms with Gasteiger partial charge in [-0.2, -0.15) is 0 Å². The average molecular weight is 314 g/mol. The highest BCUT2D eigenvalue weighted by molar-refractivity contribution is 7.99. The number of aliphatic hydroxyl groups is 1. The van der Waals surface area contributed by atoms with Crippen LogP contribution in [0.15, 0.2) is 24.3 Å². The van der Waals surface area contributed by atoms with Crippen molar-refractivity contribution in [1.82, 2.24) is 4.90 Å². The summed E-state index contributed by atoms with van der Waals surface area (Å²) >= 11 is 7.45. The van der Waals surface area contributed by atoms with Gasteiger partial charge < -0.3 is 10.0 Å². The normalized spacial score (nSPS) is 21.4. The van der Waals surface area contributed by atoms with Gasteiger partial charge in [-0.25, -0.2) is 0 Å². The minimum Gasteiger partial charge on any atom is -0.393 e. The van der Waals surface area contributed by atoms with Crippen LogP contribution in [0, 0.1) is 5.92 Å². The number of hydrogen-bond acceptors (Lipinski definition) is 3. The van der Waals surface area contributed by atoms with E-state index in [9.17, 15) is 9.90 Å². The van der Waals surface area contributed by atoms with Crippen LogP contribution in [0.25, 0.3) is 0 Å². The fraction of sp³-hybridized carbons (Fsp3) is 0.533. The fourth-order valence-corrected chi connectivity index (χ4v) is 3.34. The summed E-state index contributed by atoms with van der Waals surface area (Å²) in [6.07, 6.45) is 1.51. The molecule has 2 rings (SSSR count). The lowest BCUT2D eigenvalue weighted by Gasteiger charge is -2.34.